The average molecular weight is 276 g/mol. The van der Waals surface area contributed by atoms with Crippen LogP contribution in [0.1, 0.15) is 41.9 Å². The number of carbonyl (C=O) groups is 1. The van der Waals surface area contributed by atoms with Crippen molar-refractivity contribution in [2.75, 3.05) is 19.6 Å². The second-order valence-electron chi connectivity index (χ2n) is 6.09. The van der Waals surface area contributed by atoms with Crippen LogP contribution in [0.15, 0.2) is 6.07 Å². The largest absolute Gasteiger partial charge is 0.334 e. The van der Waals surface area contributed by atoms with Gasteiger partial charge >= 0.3 is 0 Å². The Morgan fingerprint density at radius 3 is 2.75 bits per heavy atom. The van der Waals surface area contributed by atoms with Crippen molar-refractivity contribution >= 4 is 5.91 Å². The van der Waals surface area contributed by atoms with Crippen molar-refractivity contribution in [2.45, 2.75) is 38.6 Å². The number of likely N-dealkylation sites (tertiary alicyclic amines) is 1. The molecule has 0 aliphatic carbocycles. The van der Waals surface area contributed by atoms with E-state index in [4.69, 9.17) is 0 Å². The normalized spacial score (nSPS) is 24.3. The summed E-state index contributed by atoms with van der Waals surface area (Å²) in [5.74, 6) is 0.825. The molecule has 0 saturated carbocycles. The summed E-state index contributed by atoms with van der Waals surface area (Å²) >= 11 is 0. The first-order valence-corrected chi connectivity index (χ1v) is 7.69. The van der Waals surface area contributed by atoms with Gasteiger partial charge in [0, 0.05) is 19.6 Å². The van der Waals surface area contributed by atoms with E-state index in [2.05, 4.69) is 15.3 Å². The molecular weight excluding hydrogens is 252 g/mol. The van der Waals surface area contributed by atoms with E-state index in [9.17, 15) is 4.79 Å². The standard InChI is InChI=1S/C15H24N4O/c1-11-10-14(18(2)17-11)15(20)19-9-3-4-13(19)12-5-7-16-8-6-12/h10,12-13,16H,3-9H2,1-2H3. The highest BCUT2D eigenvalue weighted by Crippen LogP contribution is 2.30. The highest BCUT2D eigenvalue weighted by molar-refractivity contribution is 5.93. The predicted molar refractivity (Wildman–Crippen MR) is 77.6 cm³/mol. The quantitative estimate of drug-likeness (QED) is 0.886. The lowest BCUT2D eigenvalue weighted by Crippen LogP contribution is -2.44. The molecule has 2 saturated heterocycles. The summed E-state index contributed by atoms with van der Waals surface area (Å²) in [6.45, 7) is 5.02. The van der Waals surface area contributed by atoms with Crippen LogP contribution in [-0.2, 0) is 7.05 Å². The SMILES string of the molecule is Cc1cc(C(=O)N2CCCC2C2CCNCC2)n(C)n1. The molecule has 1 amide bonds. The van der Waals surface area contributed by atoms with E-state index in [0.29, 0.717) is 12.0 Å². The molecule has 1 aromatic heterocycles. The van der Waals surface area contributed by atoms with Crippen LogP contribution in [0.4, 0.5) is 0 Å². The molecule has 2 aliphatic heterocycles. The minimum atomic E-state index is 0.161. The summed E-state index contributed by atoms with van der Waals surface area (Å²) < 4.78 is 1.72. The molecule has 1 atom stereocenters. The molecule has 1 aromatic rings. The van der Waals surface area contributed by atoms with Crippen LogP contribution in [0, 0.1) is 12.8 Å². The minimum absolute atomic E-state index is 0.161. The van der Waals surface area contributed by atoms with Gasteiger partial charge in [0.2, 0.25) is 0 Å². The van der Waals surface area contributed by atoms with Gasteiger partial charge in [-0.25, -0.2) is 0 Å². The Hall–Kier alpha value is -1.36. The van der Waals surface area contributed by atoms with Gasteiger partial charge in [-0.2, -0.15) is 5.10 Å². The predicted octanol–water partition coefficient (Wildman–Crippen LogP) is 1.33. The van der Waals surface area contributed by atoms with Crippen LogP contribution in [0.5, 0.6) is 0 Å². The van der Waals surface area contributed by atoms with Gasteiger partial charge in [-0.05, 0) is 57.7 Å². The second-order valence-corrected chi connectivity index (χ2v) is 6.09. The molecule has 2 fully saturated rings. The van der Waals surface area contributed by atoms with Gasteiger partial charge in [0.05, 0.1) is 5.69 Å². The molecule has 0 spiro atoms. The molecule has 1 unspecified atom stereocenters. The second kappa shape index (κ2) is 5.56. The zero-order chi connectivity index (χ0) is 14.1. The Morgan fingerprint density at radius 1 is 1.35 bits per heavy atom. The van der Waals surface area contributed by atoms with Crippen molar-refractivity contribution in [1.82, 2.24) is 20.0 Å². The number of hydrogen-bond acceptors (Lipinski definition) is 3. The van der Waals surface area contributed by atoms with Gasteiger partial charge in [0.25, 0.3) is 5.91 Å². The number of nitrogens with zero attached hydrogens (tertiary/aromatic N) is 3. The first kappa shape index (κ1) is 13.6. The summed E-state index contributed by atoms with van der Waals surface area (Å²) in [5, 5.41) is 7.71. The highest BCUT2D eigenvalue weighted by atomic mass is 16.2. The number of aryl methyl sites for hydroxylation is 2. The highest BCUT2D eigenvalue weighted by Gasteiger charge is 2.36. The minimum Gasteiger partial charge on any atom is -0.334 e. The van der Waals surface area contributed by atoms with Gasteiger partial charge in [0.15, 0.2) is 0 Å². The van der Waals surface area contributed by atoms with Crippen molar-refractivity contribution in [2.24, 2.45) is 13.0 Å². The lowest BCUT2D eigenvalue weighted by molar-refractivity contribution is 0.0655. The van der Waals surface area contributed by atoms with E-state index in [1.807, 2.05) is 20.0 Å². The number of nitrogens with one attached hydrogen (secondary N) is 1. The summed E-state index contributed by atoms with van der Waals surface area (Å²) in [7, 11) is 1.86. The zero-order valence-corrected chi connectivity index (χ0v) is 12.4. The molecule has 2 aliphatic rings. The molecule has 0 bridgehead atoms. The molecule has 1 N–H and O–H groups in total. The van der Waals surface area contributed by atoms with Crippen molar-refractivity contribution < 1.29 is 4.79 Å². The smallest absolute Gasteiger partial charge is 0.272 e. The van der Waals surface area contributed by atoms with E-state index in [1.165, 1.54) is 12.8 Å². The molecule has 5 heteroatoms. The summed E-state index contributed by atoms with van der Waals surface area (Å²) in [5.41, 5.74) is 1.64. The first-order chi connectivity index (χ1) is 9.66. The molecule has 5 nitrogen and oxygen atoms in total. The van der Waals surface area contributed by atoms with Crippen molar-refractivity contribution in [3.63, 3.8) is 0 Å². The van der Waals surface area contributed by atoms with Gasteiger partial charge < -0.3 is 10.2 Å². The van der Waals surface area contributed by atoms with Crippen LogP contribution < -0.4 is 5.32 Å². The first-order valence-electron chi connectivity index (χ1n) is 7.69. The third-order valence-electron chi connectivity index (χ3n) is 4.71. The Bertz CT molecular complexity index is 490. The number of piperidine rings is 1. The van der Waals surface area contributed by atoms with Crippen LogP contribution in [0.3, 0.4) is 0 Å². The Kier molecular flexibility index (Phi) is 3.78. The van der Waals surface area contributed by atoms with Crippen molar-refractivity contribution in [1.29, 1.82) is 0 Å². The number of hydrogen-bond donors (Lipinski definition) is 1. The van der Waals surface area contributed by atoms with E-state index >= 15 is 0 Å². The number of rotatable bonds is 2. The summed E-state index contributed by atoms with van der Waals surface area (Å²) in [6, 6.07) is 2.33. The summed E-state index contributed by atoms with van der Waals surface area (Å²) in [6.07, 6.45) is 4.68. The topological polar surface area (TPSA) is 50.2 Å². The maximum atomic E-state index is 12.8. The summed E-state index contributed by atoms with van der Waals surface area (Å²) in [4.78, 5) is 14.9. The van der Waals surface area contributed by atoms with E-state index in [-0.39, 0.29) is 5.91 Å². The molecule has 110 valence electrons. The fourth-order valence-corrected chi connectivity index (χ4v) is 3.72. The van der Waals surface area contributed by atoms with Crippen LogP contribution in [0.2, 0.25) is 0 Å². The van der Waals surface area contributed by atoms with Gasteiger partial charge in [-0.15, -0.1) is 0 Å². The van der Waals surface area contributed by atoms with Crippen molar-refractivity contribution in [3.8, 4) is 0 Å². The van der Waals surface area contributed by atoms with Crippen LogP contribution >= 0.6 is 0 Å². The monoisotopic (exact) mass is 276 g/mol. The molecule has 20 heavy (non-hydrogen) atoms. The van der Waals surface area contributed by atoms with Gasteiger partial charge in [0.1, 0.15) is 5.69 Å². The van der Waals surface area contributed by atoms with Crippen molar-refractivity contribution in [3.05, 3.63) is 17.5 Å². The third kappa shape index (κ3) is 2.46. The average Bonchev–Trinajstić information content (AvgIpc) is 3.05. The molecule has 3 rings (SSSR count). The maximum Gasteiger partial charge on any atom is 0.272 e. The molecule has 0 radical (unpaired) electrons. The van der Waals surface area contributed by atoms with Crippen LogP contribution in [0.25, 0.3) is 0 Å². The Balaban J connectivity index is 1.77. The van der Waals surface area contributed by atoms with E-state index < -0.39 is 0 Å². The Morgan fingerprint density at radius 2 is 2.10 bits per heavy atom. The lowest BCUT2D eigenvalue weighted by Gasteiger charge is -2.34. The van der Waals surface area contributed by atoms with Crippen LogP contribution in [-0.4, -0.2) is 46.3 Å². The van der Waals surface area contributed by atoms with Gasteiger partial charge in [-0.1, -0.05) is 0 Å². The molecule has 3 heterocycles. The zero-order valence-electron chi connectivity index (χ0n) is 12.4. The number of amides is 1. The fourth-order valence-electron chi connectivity index (χ4n) is 3.72. The lowest BCUT2D eigenvalue weighted by atomic mass is 9.88. The third-order valence-corrected chi connectivity index (χ3v) is 4.71. The number of aromatic nitrogens is 2. The van der Waals surface area contributed by atoms with Gasteiger partial charge in [-0.3, -0.25) is 9.48 Å². The van der Waals surface area contributed by atoms with E-state index in [0.717, 1.165) is 43.9 Å². The molecule has 0 aromatic carbocycles. The number of carbonyl (C=O) groups excluding carboxylic acids is 1. The molecular formula is C15H24N4O. The van der Waals surface area contributed by atoms with E-state index in [1.54, 1.807) is 4.68 Å². The maximum absolute atomic E-state index is 12.8. The fraction of sp³-hybridized carbons (Fsp3) is 0.733. The Labute approximate surface area is 120 Å².